The quantitative estimate of drug-likeness (QED) is 0.870. The van der Waals surface area contributed by atoms with Crippen LogP contribution in [-0.2, 0) is 9.47 Å². The molecule has 2 aliphatic rings. The van der Waals surface area contributed by atoms with E-state index in [2.05, 4.69) is 26.1 Å². The van der Waals surface area contributed by atoms with Crippen LogP contribution in [0.4, 0.5) is 8.78 Å². The van der Waals surface area contributed by atoms with Crippen LogP contribution >= 0.6 is 0 Å². The van der Waals surface area contributed by atoms with Crippen LogP contribution in [0.2, 0.25) is 5.82 Å². The molecule has 5 atom stereocenters. The van der Waals surface area contributed by atoms with Crippen LogP contribution in [0.15, 0.2) is 18.2 Å². The number of likely N-dealkylation sites (N-methyl/N-ethyl adjacent to an activating group) is 1. The Morgan fingerprint density at radius 1 is 1.27 bits per heavy atom. The van der Waals surface area contributed by atoms with E-state index in [0.29, 0.717) is 11.4 Å². The van der Waals surface area contributed by atoms with Gasteiger partial charge < -0.3 is 14.8 Å². The predicted octanol–water partition coefficient (Wildman–Crippen LogP) is 2.37. The number of halogens is 2. The predicted molar refractivity (Wildman–Crippen MR) is 82.3 cm³/mol. The molecule has 0 radical (unpaired) electrons. The van der Waals surface area contributed by atoms with E-state index in [-0.39, 0.29) is 29.9 Å². The van der Waals surface area contributed by atoms with Gasteiger partial charge in [0.15, 0.2) is 18.9 Å². The fourth-order valence-corrected chi connectivity index (χ4v) is 3.85. The van der Waals surface area contributed by atoms with Gasteiger partial charge in [-0.15, -0.1) is 0 Å². The van der Waals surface area contributed by atoms with E-state index >= 15 is 0 Å². The van der Waals surface area contributed by atoms with E-state index in [9.17, 15) is 8.78 Å². The van der Waals surface area contributed by atoms with Crippen molar-refractivity contribution in [3.63, 3.8) is 0 Å². The fourth-order valence-electron chi connectivity index (χ4n) is 3.85. The molecule has 2 fully saturated rings. The summed E-state index contributed by atoms with van der Waals surface area (Å²) in [6.45, 7) is 6.22. The molecule has 2 heterocycles. The lowest BCUT2D eigenvalue weighted by Crippen LogP contribution is -2.39. The van der Waals surface area contributed by atoms with Gasteiger partial charge in [-0.05, 0) is 51.3 Å². The standard InChI is InChI=1S/C16H22BF2NO2/c1-8-12-14(22-16(2,3)17-12)15(21-8)13(20-4)9-5-6-10(18)11(19)7-9/h5-8,12-15,17,20H,1-4H3/t8-,12-,13+,14-,15+/m0/s1. The smallest absolute Gasteiger partial charge is 0.170 e. The van der Waals surface area contributed by atoms with Crippen LogP contribution in [0.1, 0.15) is 32.4 Å². The summed E-state index contributed by atoms with van der Waals surface area (Å²) in [5.74, 6) is -1.34. The minimum Gasteiger partial charge on any atom is -0.379 e. The first-order chi connectivity index (χ1) is 10.3. The lowest BCUT2D eigenvalue weighted by atomic mass is 9.53. The summed E-state index contributed by atoms with van der Waals surface area (Å²) in [5, 5.41) is 3.17. The SMILES string of the molecule is CN[C@H](c1ccc(F)c(F)c1)[C@H]1O[C@@H](C)[C@@H]2BC(C)(C)O[C@@H]21. The molecule has 22 heavy (non-hydrogen) atoms. The van der Waals surface area contributed by atoms with Crippen LogP contribution in [-0.4, -0.2) is 38.1 Å². The molecule has 120 valence electrons. The fraction of sp³-hybridized carbons (Fsp3) is 0.625. The van der Waals surface area contributed by atoms with Crippen molar-refractivity contribution in [2.45, 2.75) is 56.4 Å². The number of nitrogens with one attached hydrogen (secondary N) is 1. The van der Waals surface area contributed by atoms with E-state index in [0.717, 1.165) is 13.3 Å². The Morgan fingerprint density at radius 3 is 2.64 bits per heavy atom. The zero-order valence-corrected chi connectivity index (χ0v) is 13.4. The largest absolute Gasteiger partial charge is 0.379 e. The van der Waals surface area contributed by atoms with Crippen LogP contribution in [0, 0.1) is 11.6 Å². The first-order valence-corrected chi connectivity index (χ1v) is 7.78. The third-order valence-corrected chi connectivity index (χ3v) is 4.85. The van der Waals surface area contributed by atoms with Gasteiger partial charge in [-0.3, -0.25) is 0 Å². The minimum absolute atomic E-state index is 0.0319. The molecule has 6 heteroatoms. The number of fused-ring (bicyclic) bond motifs is 1. The summed E-state index contributed by atoms with van der Waals surface area (Å²) in [6.07, 6.45) is -0.148. The van der Waals surface area contributed by atoms with Gasteiger partial charge in [-0.2, -0.15) is 0 Å². The molecule has 1 aromatic rings. The van der Waals surface area contributed by atoms with Gasteiger partial charge in [0.25, 0.3) is 0 Å². The van der Waals surface area contributed by atoms with Crippen molar-refractivity contribution >= 4 is 7.28 Å². The van der Waals surface area contributed by atoms with E-state index in [1.807, 2.05) is 0 Å². The van der Waals surface area contributed by atoms with Crippen molar-refractivity contribution in [1.29, 1.82) is 0 Å². The topological polar surface area (TPSA) is 30.5 Å². The highest BCUT2D eigenvalue weighted by Crippen LogP contribution is 2.46. The van der Waals surface area contributed by atoms with Crippen LogP contribution < -0.4 is 5.32 Å². The van der Waals surface area contributed by atoms with Crippen molar-refractivity contribution in [2.75, 3.05) is 7.05 Å². The summed E-state index contributed by atoms with van der Waals surface area (Å²) >= 11 is 0. The van der Waals surface area contributed by atoms with E-state index in [1.165, 1.54) is 6.07 Å². The Morgan fingerprint density at radius 2 is 2.00 bits per heavy atom. The highest BCUT2D eigenvalue weighted by Gasteiger charge is 2.54. The van der Waals surface area contributed by atoms with Crippen molar-refractivity contribution in [2.24, 2.45) is 0 Å². The summed E-state index contributed by atoms with van der Waals surface area (Å²) in [5.41, 5.74) is 0.505. The van der Waals surface area contributed by atoms with Gasteiger partial charge in [0.2, 0.25) is 0 Å². The maximum atomic E-state index is 13.6. The molecule has 0 aromatic heterocycles. The Hall–Kier alpha value is -0.975. The lowest BCUT2D eigenvalue weighted by molar-refractivity contribution is -0.0657. The van der Waals surface area contributed by atoms with E-state index < -0.39 is 11.6 Å². The second-order valence-electron chi connectivity index (χ2n) is 6.96. The number of hydrogen-bond acceptors (Lipinski definition) is 3. The number of ether oxygens (including phenoxy) is 2. The molecular formula is C16H22BF2NO2. The molecule has 1 N–H and O–H groups in total. The maximum Gasteiger partial charge on any atom is 0.170 e. The molecule has 2 aliphatic heterocycles. The summed E-state index contributed by atoms with van der Waals surface area (Å²) in [6, 6.07) is 3.75. The van der Waals surface area contributed by atoms with E-state index in [1.54, 1.807) is 13.1 Å². The molecule has 0 unspecified atom stereocenters. The van der Waals surface area contributed by atoms with E-state index in [4.69, 9.17) is 9.47 Å². The Bertz CT molecular complexity index is 569. The molecule has 3 rings (SSSR count). The minimum atomic E-state index is -0.840. The van der Waals surface area contributed by atoms with Gasteiger partial charge in [-0.25, -0.2) is 8.78 Å². The van der Waals surface area contributed by atoms with Crippen LogP contribution in [0.25, 0.3) is 0 Å². The zero-order valence-electron chi connectivity index (χ0n) is 13.4. The number of benzene rings is 1. The van der Waals surface area contributed by atoms with Gasteiger partial charge in [0.1, 0.15) is 6.10 Å². The average Bonchev–Trinajstić information content (AvgIpc) is 2.91. The highest BCUT2D eigenvalue weighted by atomic mass is 19.2. The molecule has 2 saturated heterocycles. The van der Waals surface area contributed by atoms with Gasteiger partial charge in [-0.1, -0.05) is 6.07 Å². The molecule has 0 aliphatic carbocycles. The van der Waals surface area contributed by atoms with Crippen molar-refractivity contribution < 1.29 is 18.3 Å². The second kappa shape index (κ2) is 5.58. The average molecular weight is 309 g/mol. The summed E-state index contributed by atoms with van der Waals surface area (Å²) in [4.78, 5) is 0. The highest BCUT2D eigenvalue weighted by molar-refractivity contribution is 6.43. The lowest BCUT2D eigenvalue weighted by Gasteiger charge is -2.30. The third kappa shape index (κ3) is 2.68. The first kappa shape index (κ1) is 15.9. The Balaban J connectivity index is 1.89. The summed E-state index contributed by atoms with van der Waals surface area (Å²) < 4.78 is 39.0. The van der Waals surface area contributed by atoms with Gasteiger partial charge in [0.05, 0.1) is 18.2 Å². The third-order valence-electron chi connectivity index (χ3n) is 4.85. The van der Waals surface area contributed by atoms with Gasteiger partial charge in [0, 0.05) is 5.50 Å². The number of hydrogen-bond donors (Lipinski definition) is 1. The Labute approximate surface area is 130 Å². The molecular weight excluding hydrogens is 287 g/mol. The van der Waals surface area contributed by atoms with Gasteiger partial charge >= 0.3 is 0 Å². The van der Waals surface area contributed by atoms with Crippen LogP contribution in [0.5, 0.6) is 0 Å². The molecule has 0 amide bonds. The van der Waals surface area contributed by atoms with Crippen LogP contribution in [0.3, 0.4) is 0 Å². The Kier molecular flexibility index (Phi) is 4.04. The molecule has 0 saturated carbocycles. The van der Waals surface area contributed by atoms with Crippen molar-refractivity contribution in [3.8, 4) is 0 Å². The van der Waals surface area contributed by atoms with Crippen molar-refractivity contribution in [1.82, 2.24) is 5.32 Å². The molecule has 0 bridgehead atoms. The summed E-state index contributed by atoms with van der Waals surface area (Å²) in [7, 11) is 2.75. The molecule has 0 spiro atoms. The first-order valence-electron chi connectivity index (χ1n) is 7.78. The maximum absolute atomic E-state index is 13.6. The zero-order chi connectivity index (χ0) is 16.1. The monoisotopic (exact) mass is 309 g/mol. The number of rotatable bonds is 3. The normalized spacial score (nSPS) is 34.3. The van der Waals surface area contributed by atoms with Crippen molar-refractivity contribution in [3.05, 3.63) is 35.4 Å². The molecule has 1 aromatic carbocycles. The molecule has 3 nitrogen and oxygen atoms in total. The second-order valence-corrected chi connectivity index (χ2v) is 6.96.